The van der Waals surface area contributed by atoms with Crippen molar-refractivity contribution in [3.63, 3.8) is 0 Å². The molecule has 0 fully saturated rings. The summed E-state index contributed by atoms with van der Waals surface area (Å²) in [5.74, 6) is 1.77. The van der Waals surface area contributed by atoms with Crippen LogP contribution < -0.4 is 4.74 Å². The summed E-state index contributed by atoms with van der Waals surface area (Å²) < 4.78 is 54.5. The molecule has 0 atom stereocenters. The molecule has 7 heteroatoms. The first-order valence-electron chi connectivity index (χ1n) is 7.41. The van der Waals surface area contributed by atoms with E-state index < -0.39 is 30.7 Å². The smallest absolute Gasteiger partial charge is 0.387 e. The predicted molar refractivity (Wildman–Crippen MR) is 85.6 cm³/mol. The highest BCUT2D eigenvalue weighted by Gasteiger charge is 2.22. The summed E-state index contributed by atoms with van der Waals surface area (Å²) in [6.45, 7) is -3.74. The van der Waals surface area contributed by atoms with Crippen LogP contribution in [0.1, 0.15) is 32.7 Å². The van der Waals surface area contributed by atoms with Crippen molar-refractivity contribution in [1.29, 1.82) is 0 Å². The van der Waals surface area contributed by atoms with E-state index in [1.807, 2.05) is 0 Å². The van der Waals surface area contributed by atoms with Gasteiger partial charge in [-0.25, -0.2) is 4.39 Å². The molecule has 0 aromatic heterocycles. The second-order valence-corrected chi connectivity index (χ2v) is 4.96. The zero-order valence-corrected chi connectivity index (χ0v) is 13.3. The van der Waals surface area contributed by atoms with Crippen molar-refractivity contribution >= 4 is 11.6 Å². The first kappa shape index (κ1) is 19.2. The fourth-order valence-electron chi connectivity index (χ4n) is 2.08. The largest absolute Gasteiger partial charge is 0.435 e. The molecule has 26 heavy (non-hydrogen) atoms. The fraction of sp³-hybridized carbons (Fsp3) is 0.158. The number of ether oxygens (including phenoxy) is 1. The van der Waals surface area contributed by atoms with Crippen LogP contribution in [0.4, 0.5) is 17.6 Å². The SMILES string of the molecule is O=C(C(=O)c1cccc(F)c1C#CCCF)c1ccc(OC(F)F)cc1. The normalized spacial score (nSPS) is 10.2. The Morgan fingerprint density at radius 2 is 1.73 bits per heavy atom. The fourth-order valence-corrected chi connectivity index (χ4v) is 2.08. The molecular formula is C19H12F4O3. The number of ketones is 2. The Kier molecular flexibility index (Phi) is 6.50. The first-order chi connectivity index (χ1) is 12.4. The molecule has 0 unspecified atom stereocenters. The van der Waals surface area contributed by atoms with E-state index in [1.165, 1.54) is 12.1 Å². The van der Waals surface area contributed by atoms with Gasteiger partial charge in [-0.1, -0.05) is 17.9 Å². The Morgan fingerprint density at radius 1 is 1.04 bits per heavy atom. The van der Waals surface area contributed by atoms with Gasteiger partial charge in [-0.2, -0.15) is 8.78 Å². The number of halogens is 4. The summed E-state index contributed by atoms with van der Waals surface area (Å²) in [4.78, 5) is 24.7. The molecule has 0 aliphatic heterocycles. The van der Waals surface area contributed by atoms with Gasteiger partial charge in [0.1, 0.15) is 18.2 Å². The van der Waals surface area contributed by atoms with Crippen LogP contribution in [0.25, 0.3) is 0 Å². The van der Waals surface area contributed by atoms with Gasteiger partial charge in [0.2, 0.25) is 11.6 Å². The second-order valence-electron chi connectivity index (χ2n) is 4.96. The van der Waals surface area contributed by atoms with Gasteiger partial charge >= 0.3 is 6.61 Å². The number of alkyl halides is 3. The third-order valence-electron chi connectivity index (χ3n) is 3.24. The molecule has 2 aromatic carbocycles. The molecule has 0 aliphatic carbocycles. The molecule has 0 amide bonds. The van der Waals surface area contributed by atoms with E-state index in [0.717, 1.165) is 30.3 Å². The van der Waals surface area contributed by atoms with Crippen molar-refractivity contribution in [3.8, 4) is 17.6 Å². The third-order valence-corrected chi connectivity index (χ3v) is 3.24. The lowest BCUT2D eigenvalue weighted by atomic mass is 9.97. The number of carbonyl (C=O) groups is 2. The number of rotatable bonds is 6. The monoisotopic (exact) mass is 364 g/mol. The van der Waals surface area contributed by atoms with E-state index in [0.29, 0.717) is 0 Å². The van der Waals surface area contributed by atoms with Crippen LogP contribution in [0, 0.1) is 17.7 Å². The van der Waals surface area contributed by atoms with Crippen LogP contribution in [0.5, 0.6) is 5.75 Å². The van der Waals surface area contributed by atoms with E-state index in [-0.39, 0.29) is 28.9 Å². The van der Waals surface area contributed by atoms with Crippen LogP contribution in [0.2, 0.25) is 0 Å². The molecule has 2 rings (SSSR count). The van der Waals surface area contributed by atoms with E-state index in [4.69, 9.17) is 0 Å². The number of hydrogen-bond donors (Lipinski definition) is 0. The summed E-state index contributed by atoms with van der Waals surface area (Å²) in [5.41, 5.74) is -0.630. The second kappa shape index (κ2) is 8.81. The molecule has 134 valence electrons. The first-order valence-corrected chi connectivity index (χ1v) is 7.41. The summed E-state index contributed by atoms with van der Waals surface area (Å²) in [6.07, 6.45) is -0.137. The molecule has 0 heterocycles. The maximum absolute atomic E-state index is 13.9. The molecule has 0 N–H and O–H groups in total. The van der Waals surface area contributed by atoms with Gasteiger partial charge in [0.25, 0.3) is 0 Å². The van der Waals surface area contributed by atoms with Crippen LogP contribution >= 0.6 is 0 Å². The van der Waals surface area contributed by atoms with Gasteiger partial charge in [0.05, 0.1) is 5.56 Å². The molecule has 0 aliphatic rings. The molecule has 0 saturated carbocycles. The van der Waals surface area contributed by atoms with Crippen LogP contribution in [0.15, 0.2) is 42.5 Å². The Hall–Kier alpha value is -3.14. The van der Waals surface area contributed by atoms with Crippen molar-refractivity contribution in [2.24, 2.45) is 0 Å². The predicted octanol–water partition coefficient (Wildman–Crippen LogP) is 4.20. The van der Waals surface area contributed by atoms with Gasteiger partial charge in [-0.15, -0.1) is 0 Å². The van der Waals surface area contributed by atoms with E-state index in [9.17, 15) is 27.2 Å². The van der Waals surface area contributed by atoms with Gasteiger partial charge in [-0.3, -0.25) is 14.0 Å². The van der Waals surface area contributed by atoms with Crippen molar-refractivity contribution in [2.75, 3.05) is 6.67 Å². The lowest BCUT2D eigenvalue weighted by Gasteiger charge is -2.06. The standard InChI is InChI=1S/C19H12F4O3/c20-11-2-1-4-14-15(5-3-6-16(14)21)18(25)17(24)12-7-9-13(10-8-12)26-19(22)23/h3,5-10,19H,2,11H2. The van der Waals surface area contributed by atoms with Crippen LogP contribution in [0.3, 0.4) is 0 Å². The van der Waals surface area contributed by atoms with Crippen molar-refractivity contribution < 1.29 is 31.9 Å². The Labute approximate surface area is 146 Å². The maximum atomic E-state index is 13.9. The highest BCUT2D eigenvalue weighted by atomic mass is 19.3. The average Bonchev–Trinajstić information content (AvgIpc) is 2.62. The lowest BCUT2D eigenvalue weighted by molar-refractivity contribution is -0.0498. The summed E-state index contributed by atoms with van der Waals surface area (Å²) in [5, 5.41) is 0. The molecule has 0 spiro atoms. The summed E-state index contributed by atoms with van der Waals surface area (Å²) in [7, 11) is 0. The van der Waals surface area contributed by atoms with Crippen molar-refractivity contribution in [2.45, 2.75) is 13.0 Å². The van der Waals surface area contributed by atoms with E-state index in [1.54, 1.807) is 0 Å². The maximum Gasteiger partial charge on any atom is 0.387 e. The Balaban J connectivity index is 2.30. The Morgan fingerprint density at radius 3 is 2.35 bits per heavy atom. The zero-order valence-electron chi connectivity index (χ0n) is 13.3. The molecular weight excluding hydrogens is 352 g/mol. The van der Waals surface area contributed by atoms with Gasteiger partial charge in [0, 0.05) is 17.5 Å². The topological polar surface area (TPSA) is 43.4 Å². The van der Waals surface area contributed by atoms with Crippen molar-refractivity contribution in [3.05, 3.63) is 65.0 Å². The lowest BCUT2D eigenvalue weighted by Crippen LogP contribution is -2.16. The highest BCUT2D eigenvalue weighted by molar-refractivity contribution is 6.49. The van der Waals surface area contributed by atoms with Gasteiger partial charge < -0.3 is 4.74 Å². The minimum atomic E-state index is -3.02. The molecule has 3 nitrogen and oxygen atoms in total. The molecule has 0 radical (unpaired) electrons. The number of carbonyl (C=O) groups excluding carboxylic acids is 2. The van der Waals surface area contributed by atoms with Crippen LogP contribution in [-0.4, -0.2) is 24.9 Å². The van der Waals surface area contributed by atoms with Gasteiger partial charge in [0.15, 0.2) is 0 Å². The Bertz CT molecular complexity index is 865. The quantitative estimate of drug-likeness (QED) is 0.334. The number of hydrogen-bond acceptors (Lipinski definition) is 3. The zero-order chi connectivity index (χ0) is 19.1. The van der Waals surface area contributed by atoms with Gasteiger partial charge in [-0.05, 0) is 36.4 Å². The van der Waals surface area contributed by atoms with E-state index in [2.05, 4.69) is 16.6 Å². The molecule has 2 aromatic rings. The molecule has 0 bridgehead atoms. The number of Topliss-reactive ketones (excluding diaryl/α,β-unsaturated/α-hetero) is 2. The highest BCUT2D eigenvalue weighted by Crippen LogP contribution is 2.19. The minimum absolute atomic E-state index is 0.0801. The average molecular weight is 364 g/mol. The minimum Gasteiger partial charge on any atom is -0.435 e. The summed E-state index contributed by atoms with van der Waals surface area (Å²) in [6, 6.07) is 8.06. The van der Waals surface area contributed by atoms with Crippen molar-refractivity contribution in [1.82, 2.24) is 0 Å². The third kappa shape index (κ3) is 4.70. The van der Waals surface area contributed by atoms with Crippen LogP contribution in [-0.2, 0) is 0 Å². The summed E-state index contributed by atoms with van der Waals surface area (Å²) >= 11 is 0. The number of benzene rings is 2. The van der Waals surface area contributed by atoms with E-state index >= 15 is 0 Å². The molecule has 0 saturated heterocycles.